The van der Waals surface area contributed by atoms with Gasteiger partial charge in [0.25, 0.3) is 5.56 Å². The van der Waals surface area contributed by atoms with Gasteiger partial charge in [-0.2, -0.15) is 8.78 Å². The summed E-state index contributed by atoms with van der Waals surface area (Å²) in [5, 5.41) is 3.44. The molecule has 1 N–H and O–H groups in total. The van der Waals surface area contributed by atoms with Gasteiger partial charge in [0.05, 0.1) is 34.6 Å². The van der Waals surface area contributed by atoms with E-state index in [0.29, 0.717) is 18.0 Å². The molecule has 4 rings (SSSR count). The van der Waals surface area contributed by atoms with Crippen LogP contribution in [0.25, 0.3) is 0 Å². The van der Waals surface area contributed by atoms with Crippen LogP contribution in [0.4, 0.5) is 14.6 Å². The first-order valence-electron chi connectivity index (χ1n) is 10.0. The summed E-state index contributed by atoms with van der Waals surface area (Å²) in [7, 11) is 1.39. The number of halogens is 2. The van der Waals surface area contributed by atoms with E-state index in [0.717, 1.165) is 23.4 Å². The fourth-order valence-electron chi connectivity index (χ4n) is 4.17. The molecule has 10 heteroatoms. The van der Waals surface area contributed by atoms with E-state index >= 15 is 0 Å². The van der Waals surface area contributed by atoms with Gasteiger partial charge < -0.3 is 14.2 Å². The van der Waals surface area contributed by atoms with E-state index in [1.165, 1.54) is 24.9 Å². The molecule has 7 nitrogen and oxygen atoms in total. The van der Waals surface area contributed by atoms with E-state index in [1.54, 1.807) is 12.1 Å². The third kappa shape index (κ3) is 4.36. The maximum atomic E-state index is 13.0. The molecule has 1 aromatic carbocycles. The lowest BCUT2D eigenvalue weighted by Crippen LogP contribution is -2.35. The molecule has 3 heterocycles. The fraction of sp³-hybridized carbons (Fsp3) is 0.524. The molecule has 2 aliphatic rings. The van der Waals surface area contributed by atoms with Gasteiger partial charge in [0.1, 0.15) is 0 Å². The van der Waals surface area contributed by atoms with E-state index in [-0.39, 0.29) is 34.0 Å². The van der Waals surface area contributed by atoms with Crippen molar-refractivity contribution < 1.29 is 23.0 Å². The van der Waals surface area contributed by atoms with Crippen molar-refractivity contribution in [2.24, 2.45) is 4.99 Å². The second kappa shape index (κ2) is 8.31. The van der Waals surface area contributed by atoms with Crippen molar-refractivity contribution in [1.29, 1.82) is 0 Å². The second-order valence-electron chi connectivity index (χ2n) is 8.22. The Balaban J connectivity index is 1.75. The number of methoxy groups -OCH3 is 1. The lowest BCUT2D eigenvalue weighted by Gasteiger charge is -2.36. The third-order valence-corrected chi connectivity index (χ3v) is 6.67. The van der Waals surface area contributed by atoms with Crippen molar-refractivity contribution in [3.8, 4) is 11.5 Å². The minimum absolute atomic E-state index is 0.0522. The van der Waals surface area contributed by atoms with Gasteiger partial charge in [-0.3, -0.25) is 14.6 Å². The molecule has 168 valence electrons. The fourth-order valence-corrected chi connectivity index (χ4v) is 5.26. The van der Waals surface area contributed by atoms with Crippen LogP contribution in [-0.2, 0) is 4.74 Å². The van der Waals surface area contributed by atoms with Crippen molar-refractivity contribution in [1.82, 2.24) is 9.78 Å². The molecule has 0 aliphatic carbocycles. The van der Waals surface area contributed by atoms with Crippen LogP contribution in [0.3, 0.4) is 0 Å². The average Bonchev–Trinajstić information content (AvgIpc) is 3.03. The molecule has 0 spiro atoms. The van der Waals surface area contributed by atoms with Crippen molar-refractivity contribution in [3.63, 3.8) is 0 Å². The Labute approximate surface area is 182 Å². The highest BCUT2D eigenvalue weighted by Crippen LogP contribution is 2.47. The van der Waals surface area contributed by atoms with Gasteiger partial charge in [0, 0.05) is 6.61 Å². The molecular weight excluding hydrogens is 428 g/mol. The van der Waals surface area contributed by atoms with Gasteiger partial charge in [-0.05, 0) is 51.3 Å². The SMILES string of the molecule is COc1cc([C@H]2SC(C)=Nc3c2c(=O)[nH]n3[C@H]2CCOC(C)(C)C2)ccc1OC(F)F. The maximum Gasteiger partial charge on any atom is 0.387 e. The summed E-state index contributed by atoms with van der Waals surface area (Å²) in [5.41, 5.74) is 0.797. The Morgan fingerprint density at radius 1 is 1.35 bits per heavy atom. The lowest BCUT2D eigenvalue weighted by molar-refractivity contribution is -0.0705. The summed E-state index contributed by atoms with van der Waals surface area (Å²) < 4.78 is 42.8. The molecule has 0 unspecified atom stereocenters. The maximum absolute atomic E-state index is 13.0. The summed E-state index contributed by atoms with van der Waals surface area (Å²) in [6.07, 6.45) is 1.53. The molecule has 2 aromatic rings. The van der Waals surface area contributed by atoms with Crippen LogP contribution in [-0.4, -0.2) is 40.8 Å². The van der Waals surface area contributed by atoms with Crippen molar-refractivity contribution in [2.45, 2.75) is 57.1 Å². The highest BCUT2D eigenvalue weighted by atomic mass is 32.2. The number of hydrogen-bond donors (Lipinski definition) is 1. The molecule has 2 aliphatic heterocycles. The summed E-state index contributed by atoms with van der Waals surface area (Å²) in [4.78, 5) is 17.7. The molecule has 0 bridgehead atoms. The smallest absolute Gasteiger partial charge is 0.387 e. The van der Waals surface area contributed by atoms with E-state index in [9.17, 15) is 13.6 Å². The number of ether oxygens (including phenoxy) is 3. The number of nitrogens with one attached hydrogen (secondary N) is 1. The number of aromatic amines is 1. The van der Waals surface area contributed by atoms with Crippen LogP contribution < -0.4 is 15.0 Å². The number of aromatic nitrogens is 2. The Morgan fingerprint density at radius 3 is 2.81 bits per heavy atom. The largest absolute Gasteiger partial charge is 0.493 e. The normalized spacial score (nSPS) is 22.7. The number of fused-ring (bicyclic) bond motifs is 1. The highest BCUT2D eigenvalue weighted by molar-refractivity contribution is 8.14. The number of thioether (sulfide) groups is 1. The van der Waals surface area contributed by atoms with Crippen LogP contribution in [0.1, 0.15) is 56.0 Å². The summed E-state index contributed by atoms with van der Waals surface area (Å²) in [6.45, 7) is 3.62. The number of benzene rings is 1. The zero-order valence-corrected chi connectivity index (χ0v) is 18.6. The number of alkyl halides is 2. The van der Waals surface area contributed by atoms with Crippen molar-refractivity contribution in [3.05, 3.63) is 39.7 Å². The molecule has 1 fully saturated rings. The summed E-state index contributed by atoms with van der Waals surface area (Å²) in [6, 6.07) is 4.81. The predicted molar refractivity (Wildman–Crippen MR) is 115 cm³/mol. The molecule has 0 saturated carbocycles. The molecule has 2 atom stereocenters. The summed E-state index contributed by atoms with van der Waals surface area (Å²) >= 11 is 1.44. The molecule has 1 saturated heterocycles. The second-order valence-corrected chi connectivity index (χ2v) is 9.52. The topological polar surface area (TPSA) is 77.8 Å². The van der Waals surface area contributed by atoms with Crippen LogP contribution in [0.5, 0.6) is 11.5 Å². The van der Waals surface area contributed by atoms with Gasteiger partial charge in [-0.15, -0.1) is 0 Å². The Hall–Kier alpha value is -2.33. The molecule has 1 aromatic heterocycles. The van der Waals surface area contributed by atoms with Gasteiger partial charge in [-0.25, -0.2) is 4.99 Å². The quantitative estimate of drug-likeness (QED) is 0.704. The first-order chi connectivity index (χ1) is 14.7. The van der Waals surface area contributed by atoms with Gasteiger partial charge >= 0.3 is 6.61 Å². The Kier molecular flexibility index (Phi) is 5.87. The number of nitrogens with zero attached hydrogens (tertiary/aromatic N) is 2. The minimum atomic E-state index is -2.95. The number of H-pyrrole nitrogens is 1. The zero-order valence-electron chi connectivity index (χ0n) is 17.8. The minimum Gasteiger partial charge on any atom is -0.493 e. The predicted octanol–water partition coefficient (Wildman–Crippen LogP) is 4.80. The van der Waals surface area contributed by atoms with Crippen LogP contribution in [0, 0.1) is 0 Å². The van der Waals surface area contributed by atoms with E-state index in [2.05, 4.69) is 14.8 Å². The molecular formula is C21H25F2N3O4S. The Morgan fingerprint density at radius 2 is 2.13 bits per heavy atom. The number of aliphatic imine (C=N–C) groups is 1. The van der Waals surface area contributed by atoms with Gasteiger partial charge in [0.15, 0.2) is 17.3 Å². The Bertz CT molecular complexity index is 1060. The zero-order chi connectivity index (χ0) is 22.3. The lowest BCUT2D eigenvalue weighted by atomic mass is 9.94. The first kappa shape index (κ1) is 21.9. The van der Waals surface area contributed by atoms with E-state index in [1.807, 2.05) is 25.5 Å². The molecule has 0 amide bonds. The summed E-state index contributed by atoms with van der Waals surface area (Å²) in [5.74, 6) is 0.742. The number of hydrogen-bond acceptors (Lipinski definition) is 6. The number of rotatable bonds is 5. The van der Waals surface area contributed by atoms with E-state index in [4.69, 9.17) is 9.47 Å². The molecule has 31 heavy (non-hydrogen) atoms. The monoisotopic (exact) mass is 453 g/mol. The standard InChI is InChI=1S/C21H25F2N3O4S/c1-11-24-18-16(19(27)25-26(18)13-7-8-29-21(2,3)10-13)17(31-11)12-5-6-14(30-20(22)23)15(9-12)28-4/h5-6,9,13,17,20H,7-8,10H2,1-4H3,(H,25,27)/t13-,17+/m0/s1. The molecule has 0 radical (unpaired) electrons. The van der Waals surface area contributed by atoms with Gasteiger partial charge in [-0.1, -0.05) is 17.8 Å². The average molecular weight is 454 g/mol. The van der Waals surface area contributed by atoms with E-state index < -0.39 is 6.61 Å². The van der Waals surface area contributed by atoms with Crippen molar-refractivity contribution >= 4 is 22.6 Å². The van der Waals surface area contributed by atoms with Crippen LogP contribution >= 0.6 is 11.8 Å². The highest BCUT2D eigenvalue weighted by Gasteiger charge is 2.36. The van der Waals surface area contributed by atoms with Crippen LogP contribution in [0.2, 0.25) is 0 Å². The van der Waals surface area contributed by atoms with Crippen LogP contribution in [0.15, 0.2) is 28.0 Å². The van der Waals surface area contributed by atoms with Gasteiger partial charge in [0.2, 0.25) is 0 Å². The first-order valence-corrected chi connectivity index (χ1v) is 10.9. The van der Waals surface area contributed by atoms with Crippen molar-refractivity contribution in [2.75, 3.05) is 13.7 Å². The third-order valence-electron chi connectivity index (χ3n) is 5.49.